The summed E-state index contributed by atoms with van der Waals surface area (Å²) in [7, 11) is 1.67. The van der Waals surface area contributed by atoms with Crippen molar-refractivity contribution in [2.45, 2.75) is 19.8 Å². The Morgan fingerprint density at radius 1 is 1.45 bits per heavy atom. The molecule has 1 rings (SSSR count). The van der Waals surface area contributed by atoms with Crippen LogP contribution in [0, 0.1) is 0 Å². The summed E-state index contributed by atoms with van der Waals surface area (Å²) in [4.78, 5) is 4.22. The molecule has 0 atom stereocenters. The summed E-state index contributed by atoms with van der Waals surface area (Å²) >= 11 is 0. The van der Waals surface area contributed by atoms with E-state index in [9.17, 15) is 0 Å². The summed E-state index contributed by atoms with van der Waals surface area (Å²) in [5.74, 6) is 1.30. The summed E-state index contributed by atoms with van der Waals surface area (Å²) < 4.78 is 5.14. The average molecular weight is 151 g/mol. The first kappa shape index (κ1) is 8.05. The highest BCUT2D eigenvalue weighted by molar-refractivity contribution is 5.28. The zero-order chi connectivity index (χ0) is 8.27. The van der Waals surface area contributed by atoms with E-state index in [1.807, 2.05) is 12.1 Å². The number of aromatic nitrogens is 1. The van der Waals surface area contributed by atoms with E-state index < -0.39 is 0 Å². The van der Waals surface area contributed by atoms with Gasteiger partial charge >= 0.3 is 0 Å². The van der Waals surface area contributed by atoms with Crippen molar-refractivity contribution in [2.24, 2.45) is 0 Å². The molecule has 0 saturated carbocycles. The molecule has 1 aromatic rings. The van der Waals surface area contributed by atoms with Crippen LogP contribution in [0.5, 0.6) is 5.75 Å². The Morgan fingerprint density at radius 3 is 2.64 bits per heavy atom. The van der Waals surface area contributed by atoms with Gasteiger partial charge in [-0.05, 0) is 18.1 Å². The molecule has 0 amide bonds. The molecule has 0 saturated heterocycles. The molecule has 0 aliphatic rings. The lowest BCUT2D eigenvalue weighted by Gasteiger charge is -2.08. The molecular weight excluding hydrogens is 138 g/mol. The first-order chi connectivity index (χ1) is 5.25. The lowest BCUT2D eigenvalue weighted by molar-refractivity contribution is 0.404. The van der Waals surface area contributed by atoms with E-state index in [4.69, 9.17) is 4.74 Å². The molecule has 2 heteroatoms. The molecule has 0 bridgehead atoms. The van der Waals surface area contributed by atoms with Crippen LogP contribution in [-0.4, -0.2) is 12.1 Å². The van der Waals surface area contributed by atoms with E-state index in [1.165, 1.54) is 0 Å². The first-order valence-corrected chi connectivity index (χ1v) is 3.74. The highest BCUT2D eigenvalue weighted by Crippen LogP contribution is 2.22. The quantitative estimate of drug-likeness (QED) is 0.646. The number of hydrogen-bond acceptors (Lipinski definition) is 2. The lowest BCUT2D eigenvalue weighted by Crippen LogP contribution is -1.96. The smallest absolute Gasteiger partial charge is 0.140 e. The predicted octanol–water partition coefficient (Wildman–Crippen LogP) is 2.21. The summed E-state index contributed by atoms with van der Waals surface area (Å²) in [6, 6.07) is 3.81. The molecular formula is C9H13NO. The van der Waals surface area contributed by atoms with Gasteiger partial charge in [-0.1, -0.05) is 13.8 Å². The Kier molecular flexibility index (Phi) is 2.47. The Labute approximate surface area is 67.2 Å². The van der Waals surface area contributed by atoms with E-state index in [-0.39, 0.29) is 0 Å². The van der Waals surface area contributed by atoms with Crippen LogP contribution in [0.15, 0.2) is 18.3 Å². The second-order valence-corrected chi connectivity index (χ2v) is 2.75. The molecule has 0 unspecified atom stereocenters. The van der Waals surface area contributed by atoms with Gasteiger partial charge < -0.3 is 4.74 Å². The predicted molar refractivity (Wildman–Crippen MR) is 44.9 cm³/mol. The molecule has 11 heavy (non-hydrogen) atoms. The summed E-state index contributed by atoms with van der Waals surface area (Å²) in [5, 5.41) is 0. The zero-order valence-corrected chi connectivity index (χ0v) is 7.16. The maximum Gasteiger partial charge on any atom is 0.140 e. The van der Waals surface area contributed by atoms with Gasteiger partial charge in [-0.2, -0.15) is 0 Å². The Morgan fingerprint density at radius 2 is 2.18 bits per heavy atom. The fourth-order valence-electron chi connectivity index (χ4n) is 1.01. The average Bonchev–Trinajstić information content (AvgIpc) is 2.04. The third-order valence-electron chi connectivity index (χ3n) is 1.57. The van der Waals surface area contributed by atoms with Crippen molar-refractivity contribution in [1.82, 2.24) is 4.98 Å². The van der Waals surface area contributed by atoms with E-state index in [0.717, 1.165) is 11.4 Å². The van der Waals surface area contributed by atoms with E-state index >= 15 is 0 Å². The fourth-order valence-corrected chi connectivity index (χ4v) is 1.01. The molecule has 0 aliphatic carbocycles. The second kappa shape index (κ2) is 3.37. The van der Waals surface area contributed by atoms with Gasteiger partial charge in [0, 0.05) is 6.20 Å². The van der Waals surface area contributed by atoms with Crippen LogP contribution < -0.4 is 4.74 Å². The van der Waals surface area contributed by atoms with Gasteiger partial charge in [0.15, 0.2) is 0 Å². The minimum absolute atomic E-state index is 0.422. The van der Waals surface area contributed by atoms with Crippen molar-refractivity contribution >= 4 is 0 Å². The highest BCUT2D eigenvalue weighted by atomic mass is 16.5. The summed E-state index contributed by atoms with van der Waals surface area (Å²) in [5.41, 5.74) is 1.02. The Balaban J connectivity index is 3.02. The van der Waals surface area contributed by atoms with Crippen LogP contribution >= 0.6 is 0 Å². The fraction of sp³-hybridized carbons (Fsp3) is 0.444. The largest absolute Gasteiger partial charge is 0.495 e. The van der Waals surface area contributed by atoms with Crippen LogP contribution in [0.2, 0.25) is 0 Å². The Bertz CT molecular complexity index is 233. The second-order valence-electron chi connectivity index (χ2n) is 2.75. The number of hydrogen-bond donors (Lipinski definition) is 0. The third kappa shape index (κ3) is 1.70. The molecule has 1 heterocycles. The number of ether oxygens (including phenoxy) is 1. The van der Waals surface area contributed by atoms with Gasteiger partial charge in [-0.25, -0.2) is 0 Å². The van der Waals surface area contributed by atoms with Crippen molar-refractivity contribution in [1.29, 1.82) is 0 Å². The number of nitrogens with zero attached hydrogens (tertiary/aromatic N) is 1. The lowest BCUT2D eigenvalue weighted by atomic mass is 10.1. The maximum atomic E-state index is 5.14. The van der Waals surface area contributed by atoms with Gasteiger partial charge in [0.2, 0.25) is 0 Å². The minimum Gasteiger partial charge on any atom is -0.495 e. The van der Waals surface area contributed by atoms with E-state index in [2.05, 4.69) is 18.8 Å². The Hall–Kier alpha value is -1.05. The molecule has 0 aromatic carbocycles. The van der Waals surface area contributed by atoms with Crippen molar-refractivity contribution in [2.75, 3.05) is 7.11 Å². The molecule has 0 spiro atoms. The van der Waals surface area contributed by atoms with Gasteiger partial charge in [-0.15, -0.1) is 0 Å². The zero-order valence-electron chi connectivity index (χ0n) is 7.16. The molecule has 0 radical (unpaired) electrons. The molecule has 0 fully saturated rings. The SMILES string of the molecule is COc1cccnc1C(C)C. The third-order valence-corrected chi connectivity index (χ3v) is 1.57. The number of rotatable bonds is 2. The van der Waals surface area contributed by atoms with Crippen LogP contribution in [0.25, 0.3) is 0 Å². The van der Waals surface area contributed by atoms with Crippen LogP contribution in [0.3, 0.4) is 0 Å². The van der Waals surface area contributed by atoms with Crippen molar-refractivity contribution < 1.29 is 4.74 Å². The standard InChI is InChI=1S/C9H13NO/c1-7(2)9-8(11-3)5-4-6-10-9/h4-7H,1-3H3. The monoisotopic (exact) mass is 151 g/mol. The van der Waals surface area contributed by atoms with Gasteiger partial charge in [0.05, 0.1) is 12.8 Å². The molecule has 0 N–H and O–H groups in total. The number of methoxy groups -OCH3 is 1. The van der Waals surface area contributed by atoms with Crippen LogP contribution in [0.1, 0.15) is 25.5 Å². The van der Waals surface area contributed by atoms with E-state index in [0.29, 0.717) is 5.92 Å². The molecule has 60 valence electrons. The minimum atomic E-state index is 0.422. The van der Waals surface area contributed by atoms with Crippen LogP contribution in [-0.2, 0) is 0 Å². The van der Waals surface area contributed by atoms with Gasteiger partial charge in [0.1, 0.15) is 5.75 Å². The van der Waals surface area contributed by atoms with Crippen LogP contribution in [0.4, 0.5) is 0 Å². The molecule has 2 nitrogen and oxygen atoms in total. The highest BCUT2D eigenvalue weighted by Gasteiger charge is 2.05. The van der Waals surface area contributed by atoms with Crippen molar-refractivity contribution in [3.63, 3.8) is 0 Å². The van der Waals surface area contributed by atoms with E-state index in [1.54, 1.807) is 13.3 Å². The molecule has 1 aromatic heterocycles. The van der Waals surface area contributed by atoms with Gasteiger partial charge in [0.25, 0.3) is 0 Å². The number of pyridine rings is 1. The first-order valence-electron chi connectivity index (χ1n) is 3.74. The normalized spacial score (nSPS) is 10.2. The molecule has 0 aliphatic heterocycles. The van der Waals surface area contributed by atoms with Crippen molar-refractivity contribution in [3.8, 4) is 5.75 Å². The van der Waals surface area contributed by atoms with Gasteiger partial charge in [-0.3, -0.25) is 4.98 Å². The summed E-state index contributed by atoms with van der Waals surface area (Å²) in [6.07, 6.45) is 1.79. The van der Waals surface area contributed by atoms with Crippen molar-refractivity contribution in [3.05, 3.63) is 24.0 Å². The topological polar surface area (TPSA) is 22.1 Å². The maximum absolute atomic E-state index is 5.14. The summed E-state index contributed by atoms with van der Waals surface area (Å²) in [6.45, 7) is 4.20.